The molecule has 3 atom stereocenters. The molecule has 0 spiro atoms. The Bertz CT molecular complexity index is 370. The lowest BCUT2D eigenvalue weighted by molar-refractivity contribution is 0.0869. The normalized spacial score (nSPS) is 16.4. The van der Waals surface area contributed by atoms with Crippen LogP contribution in [0.3, 0.4) is 0 Å². The van der Waals surface area contributed by atoms with Crippen molar-refractivity contribution in [2.45, 2.75) is 32.4 Å². The average molecular weight is 241 g/mol. The summed E-state index contributed by atoms with van der Waals surface area (Å²) >= 11 is 0. The minimum Gasteiger partial charge on any atom is -0.496 e. The van der Waals surface area contributed by atoms with Crippen LogP contribution in [0.25, 0.3) is 0 Å². The van der Waals surface area contributed by atoms with Crippen LogP contribution in [0.5, 0.6) is 5.75 Å². The number of rotatable bonds is 5. The van der Waals surface area contributed by atoms with Crippen molar-refractivity contribution in [2.75, 3.05) is 7.11 Å². The smallest absolute Gasteiger partial charge is 0.123 e. The molecule has 0 aliphatic carbocycles. The minimum atomic E-state index is -0.712. The molecule has 1 aromatic carbocycles. The van der Waals surface area contributed by atoms with Crippen molar-refractivity contribution in [1.82, 2.24) is 0 Å². The zero-order valence-electron chi connectivity index (χ0n) is 10.5. The van der Waals surface area contributed by atoms with E-state index in [-0.39, 0.29) is 11.7 Å². The van der Waals surface area contributed by atoms with Crippen molar-refractivity contribution in [1.29, 1.82) is 0 Å². The zero-order valence-corrected chi connectivity index (χ0v) is 10.5. The monoisotopic (exact) mass is 241 g/mol. The molecule has 0 aliphatic heterocycles. The summed E-state index contributed by atoms with van der Waals surface area (Å²) in [6, 6.07) is 3.50. The van der Waals surface area contributed by atoms with Crippen molar-refractivity contribution >= 4 is 0 Å². The van der Waals surface area contributed by atoms with E-state index in [0.717, 1.165) is 6.42 Å². The molecule has 0 radical (unpaired) electrons. The van der Waals surface area contributed by atoms with Crippen LogP contribution in [0, 0.1) is 11.7 Å². The van der Waals surface area contributed by atoms with Crippen LogP contribution in [-0.4, -0.2) is 18.3 Å². The molecule has 0 amide bonds. The van der Waals surface area contributed by atoms with Gasteiger partial charge >= 0.3 is 0 Å². The van der Waals surface area contributed by atoms with Crippen LogP contribution in [0.1, 0.15) is 31.9 Å². The molecule has 1 aromatic rings. The SMILES string of the molecule is CCC(C)[C@H](O)[C@H](N)c1cc(F)ccc1OC. The first-order valence-corrected chi connectivity index (χ1v) is 5.78. The second-order valence-electron chi connectivity index (χ2n) is 4.29. The highest BCUT2D eigenvalue weighted by molar-refractivity contribution is 5.37. The Labute approximate surface area is 101 Å². The fourth-order valence-corrected chi connectivity index (χ4v) is 1.75. The molecule has 0 fully saturated rings. The molecule has 0 saturated heterocycles. The first kappa shape index (κ1) is 13.9. The lowest BCUT2D eigenvalue weighted by atomic mass is 9.91. The van der Waals surface area contributed by atoms with Gasteiger partial charge in [0.05, 0.1) is 19.3 Å². The van der Waals surface area contributed by atoms with Crippen LogP contribution in [0.15, 0.2) is 18.2 Å². The molecule has 0 aliphatic rings. The Kier molecular flexibility index (Phi) is 4.90. The summed E-state index contributed by atoms with van der Waals surface area (Å²) in [6.45, 7) is 3.89. The fourth-order valence-electron chi connectivity index (χ4n) is 1.75. The zero-order chi connectivity index (χ0) is 13.0. The molecule has 1 unspecified atom stereocenters. The van der Waals surface area contributed by atoms with Crippen molar-refractivity contribution in [2.24, 2.45) is 11.7 Å². The quantitative estimate of drug-likeness (QED) is 0.831. The predicted molar refractivity (Wildman–Crippen MR) is 65.3 cm³/mol. The number of halogens is 1. The molecule has 17 heavy (non-hydrogen) atoms. The lowest BCUT2D eigenvalue weighted by Crippen LogP contribution is -2.31. The van der Waals surface area contributed by atoms with E-state index in [4.69, 9.17) is 10.5 Å². The molecule has 3 nitrogen and oxygen atoms in total. The topological polar surface area (TPSA) is 55.5 Å². The van der Waals surface area contributed by atoms with Crippen molar-refractivity contribution in [3.63, 3.8) is 0 Å². The van der Waals surface area contributed by atoms with Gasteiger partial charge in [-0.25, -0.2) is 4.39 Å². The Hall–Kier alpha value is -1.13. The summed E-state index contributed by atoms with van der Waals surface area (Å²) in [7, 11) is 1.50. The Balaban J connectivity index is 3.01. The number of ether oxygens (including phenoxy) is 1. The van der Waals surface area contributed by atoms with Crippen LogP contribution in [-0.2, 0) is 0 Å². The van der Waals surface area contributed by atoms with Crippen LogP contribution >= 0.6 is 0 Å². The first-order chi connectivity index (χ1) is 8.01. The van der Waals surface area contributed by atoms with E-state index in [1.165, 1.54) is 25.3 Å². The van der Waals surface area contributed by atoms with E-state index in [2.05, 4.69) is 0 Å². The molecule has 96 valence electrons. The van der Waals surface area contributed by atoms with Crippen LogP contribution in [0.2, 0.25) is 0 Å². The molecule has 0 aromatic heterocycles. The van der Waals surface area contributed by atoms with Crippen LogP contribution in [0.4, 0.5) is 4.39 Å². The Morgan fingerprint density at radius 2 is 2.12 bits per heavy atom. The van der Waals surface area contributed by atoms with E-state index in [9.17, 15) is 9.50 Å². The minimum absolute atomic E-state index is 0.0537. The standard InChI is InChI=1S/C13H20FNO2/c1-4-8(2)13(16)12(15)10-7-9(14)5-6-11(10)17-3/h5-8,12-13,16H,4,15H2,1-3H3/t8?,12-,13+/m1/s1. The summed E-state index contributed by atoms with van der Waals surface area (Å²) in [5.41, 5.74) is 6.46. The number of hydrogen-bond acceptors (Lipinski definition) is 3. The van der Waals surface area contributed by atoms with Gasteiger partial charge in [-0.05, 0) is 24.1 Å². The van der Waals surface area contributed by atoms with Gasteiger partial charge in [0.25, 0.3) is 0 Å². The fraction of sp³-hybridized carbons (Fsp3) is 0.538. The molecule has 0 saturated carbocycles. The molecule has 1 rings (SSSR count). The van der Waals surface area contributed by atoms with Gasteiger partial charge in [-0.3, -0.25) is 0 Å². The van der Waals surface area contributed by atoms with E-state index >= 15 is 0 Å². The maximum absolute atomic E-state index is 13.2. The van der Waals surface area contributed by atoms with E-state index < -0.39 is 12.1 Å². The van der Waals surface area contributed by atoms with Gasteiger partial charge in [0.15, 0.2) is 0 Å². The maximum Gasteiger partial charge on any atom is 0.123 e. The number of hydrogen-bond donors (Lipinski definition) is 2. The second kappa shape index (κ2) is 5.98. The van der Waals surface area contributed by atoms with Gasteiger partial charge in [-0.15, -0.1) is 0 Å². The van der Waals surface area contributed by atoms with Crippen molar-refractivity contribution < 1.29 is 14.2 Å². The van der Waals surface area contributed by atoms with Gasteiger partial charge in [0, 0.05) is 5.56 Å². The van der Waals surface area contributed by atoms with Crippen LogP contribution < -0.4 is 10.5 Å². The first-order valence-electron chi connectivity index (χ1n) is 5.78. The van der Waals surface area contributed by atoms with Crippen molar-refractivity contribution in [3.8, 4) is 5.75 Å². The molecular formula is C13H20FNO2. The number of aliphatic hydroxyl groups is 1. The number of aliphatic hydroxyl groups excluding tert-OH is 1. The average Bonchev–Trinajstić information content (AvgIpc) is 2.35. The molecule has 0 heterocycles. The van der Waals surface area contributed by atoms with Gasteiger partial charge < -0.3 is 15.6 Å². The second-order valence-corrected chi connectivity index (χ2v) is 4.29. The highest BCUT2D eigenvalue weighted by Crippen LogP contribution is 2.29. The van der Waals surface area contributed by atoms with E-state index in [0.29, 0.717) is 11.3 Å². The van der Waals surface area contributed by atoms with E-state index in [1.807, 2.05) is 13.8 Å². The number of benzene rings is 1. The summed E-state index contributed by atoms with van der Waals surface area (Å²) in [4.78, 5) is 0. The maximum atomic E-state index is 13.2. The lowest BCUT2D eigenvalue weighted by Gasteiger charge is -2.25. The van der Waals surface area contributed by atoms with Gasteiger partial charge in [0.1, 0.15) is 11.6 Å². The largest absolute Gasteiger partial charge is 0.496 e. The molecule has 0 bridgehead atoms. The molecule has 4 heteroatoms. The third-order valence-corrected chi connectivity index (χ3v) is 3.15. The summed E-state index contributed by atoms with van der Waals surface area (Å²) in [5.74, 6) is 0.173. The Morgan fingerprint density at radius 3 is 2.65 bits per heavy atom. The van der Waals surface area contributed by atoms with Gasteiger partial charge in [-0.1, -0.05) is 20.3 Å². The summed E-state index contributed by atoms with van der Waals surface area (Å²) < 4.78 is 18.3. The third kappa shape index (κ3) is 3.17. The number of nitrogens with two attached hydrogens (primary N) is 1. The highest BCUT2D eigenvalue weighted by atomic mass is 19.1. The predicted octanol–water partition coefficient (Wildman–Crippen LogP) is 2.24. The number of methoxy groups -OCH3 is 1. The van der Waals surface area contributed by atoms with Gasteiger partial charge in [-0.2, -0.15) is 0 Å². The molecule has 3 N–H and O–H groups in total. The van der Waals surface area contributed by atoms with Crippen molar-refractivity contribution in [3.05, 3.63) is 29.6 Å². The van der Waals surface area contributed by atoms with E-state index in [1.54, 1.807) is 0 Å². The summed E-state index contributed by atoms with van der Waals surface area (Å²) in [5, 5.41) is 10.0. The Morgan fingerprint density at radius 1 is 1.47 bits per heavy atom. The third-order valence-electron chi connectivity index (χ3n) is 3.15. The highest BCUT2D eigenvalue weighted by Gasteiger charge is 2.24. The molecular weight excluding hydrogens is 221 g/mol. The van der Waals surface area contributed by atoms with Gasteiger partial charge in [0.2, 0.25) is 0 Å². The summed E-state index contributed by atoms with van der Waals surface area (Å²) in [6.07, 6.45) is 0.0997.